The van der Waals surface area contributed by atoms with E-state index in [0.717, 1.165) is 13.2 Å². The summed E-state index contributed by atoms with van der Waals surface area (Å²) in [4.78, 5) is 4.16. The quantitative estimate of drug-likeness (QED) is 0.720. The maximum atomic E-state index is 5.45. The van der Waals surface area contributed by atoms with Crippen molar-refractivity contribution in [1.82, 2.24) is 19.7 Å². The zero-order chi connectivity index (χ0) is 10.1. The third kappa shape index (κ3) is 1.82. The fourth-order valence-electron chi connectivity index (χ4n) is 0.936. The van der Waals surface area contributed by atoms with E-state index >= 15 is 0 Å². The van der Waals surface area contributed by atoms with E-state index in [9.17, 15) is 0 Å². The Morgan fingerprint density at radius 2 is 2.00 bits per heavy atom. The average Bonchev–Trinajstić information content (AvgIpc) is 2.50. The van der Waals surface area contributed by atoms with Crippen LogP contribution in [0.3, 0.4) is 0 Å². The van der Waals surface area contributed by atoms with Crippen LogP contribution in [0.4, 0.5) is 5.82 Å². The predicted molar refractivity (Wildman–Crippen MR) is 69.0 cm³/mol. The summed E-state index contributed by atoms with van der Waals surface area (Å²) in [7, 11) is 0. The van der Waals surface area contributed by atoms with Gasteiger partial charge in [0.25, 0.3) is 0 Å². The van der Waals surface area contributed by atoms with Gasteiger partial charge in [0.05, 0.1) is 0 Å². The van der Waals surface area contributed by atoms with Crippen molar-refractivity contribution in [3.05, 3.63) is 25.9 Å². The van der Waals surface area contributed by atoms with Crippen LogP contribution in [0.15, 0.2) is 18.5 Å². The summed E-state index contributed by atoms with van der Waals surface area (Å²) in [5, 5.41) is 7.74. The summed E-state index contributed by atoms with van der Waals surface area (Å²) in [6.45, 7) is 0. The van der Waals surface area contributed by atoms with Crippen molar-refractivity contribution in [3.8, 4) is 5.82 Å². The predicted octanol–water partition coefficient (Wildman–Crippen LogP) is 1.45. The van der Waals surface area contributed by atoms with E-state index in [1.165, 1.54) is 0 Å². The van der Waals surface area contributed by atoms with Gasteiger partial charge < -0.3 is 5.73 Å². The number of rotatable bonds is 1. The number of hydrogen-bond acceptors (Lipinski definition) is 4. The maximum Gasteiger partial charge on any atom is 0.161 e. The number of imidazole rings is 1. The highest BCUT2D eigenvalue weighted by molar-refractivity contribution is 14.1. The molecule has 0 aliphatic heterocycles. The van der Waals surface area contributed by atoms with Gasteiger partial charge in [-0.05, 0) is 57.3 Å². The molecule has 2 aromatic heterocycles. The molecule has 14 heavy (non-hydrogen) atoms. The summed E-state index contributed by atoms with van der Waals surface area (Å²) in [5.74, 6) is 1.14. The lowest BCUT2D eigenvalue weighted by molar-refractivity contribution is 0.903. The number of halogens is 2. The minimum atomic E-state index is 0.415. The maximum absolute atomic E-state index is 5.45. The Morgan fingerprint density at radius 3 is 2.50 bits per heavy atom. The van der Waals surface area contributed by atoms with Crippen LogP contribution in [0, 0.1) is 7.40 Å². The molecule has 0 atom stereocenters. The molecule has 0 amide bonds. The van der Waals surface area contributed by atoms with Crippen LogP contribution in [0.25, 0.3) is 5.82 Å². The highest BCUT2D eigenvalue weighted by Crippen LogP contribution is 2.16. The number of hydrogen-bond donors (Lipinski definition) is 1. The van der Waals surface area contributed by atoms with E-state index < -0.39 is 0 Å². The molecule has 0 spiro atoms. The monoisotopic (exact) mass is 413 g/mol. The van der Waals surface area contributed by atoms with Crippen molar-refractivity contribution >= 4 is 51.0 Å². The van der Waals surface area contributed by atoms with E-state index in [0.29, 0.717) is 5.82 Å². The second kappa shape index (κ2) is 3.96. The van der Waals surface area contributed by atoms with E-state index in [4.69, 9.17) is 5.73 Å². The summed E-state index contributed by atoms with van der Waals surface area (Å²) in [6.07, 6.45) is 1.71. The summed E-state index contributed by atoms with van der Waals surface area (Å²) in [5.41, 5.74) is 5.45. The first-order valence-corrected chi connectivity index (χ1v) is 5.82. The van der Waals surface area contributed by atoms with E-state index in [1.54, 1.807) is 12.4 Å². The third-order valence-corrected chi connectivity index (χ3v) is 4.44. The second-order valence-electron chi connectivity index (χ2n) is 2.51. The number of nitrogen functional groups attached to an aromatic ring is 1. The van der Waals surface area contributed by atoms with Crippen molar-refractivity contribution in [1.29, 1.82) is 0 Å². The first-order valence-electron chi connectivity index (χ1n) is 3.66. The number of aromatic nitrogens is 4. The highest BCUT2D eigenvalue weighted by atomic mass is 127. The summed E-state index contributed by atoms with van der Waals surface area (Å²) >= 11 is 4.37. The summed E-state index contributed by atoms with van der Waals surface area (Å²) in [6, 6.07) is 3.52. The Labute approximate surface area is 107 Å². The van der Waals surface area contributed by atoms with Crippen LogP contribution in [0.1, 0.15) is 0 Å². The Bertz CT molecular complexity index is 450. The van der Waals surface area contributed by atoms with Gasteiger partial charge in [0.2, 0.25) is 0 Å². The van der Waals surface area contributed by atoms with Crippen molar-refractivity contribution in [2.75, 3.05) is 5.73 Å². The van der Waals surface area contributed by atoms with Gasteiger partial charge in [-0.25, -0.2) is 4.98 Å². The molecule has 2 N–H and O–H groups in total. The molecule has 2 heterocycles. The molecule has 72 valence electrons. The molecule has 2 rings (SSSR count). The van der Waals surface area contributed by atoms with Crippen LogP contribution < -0.4 is 5.73 Å². The molecular formula is C7H5I2N5. The minimum absolute atomic E-state index is 0.415. The van der Waals surface area contributed by atoms with Gasteiger partial charge in [-0.1, -0.05) is 0 Å². The lowest BCUT2D eigenvalue weighted by Gasteiger charge is -2.01. The van der Waals surface area contributed by atoms with Crippen LogP contribution in [0.2, 0.25) is 0 Å². The molecule has 0 saturated carbocycles. The van der Waals surface area contributed by atoms with Crippen molar-refractivity contribution < 1.29 is 0 Å². The third-order valence-electron chi connectivity index (χ3n) is 1.59. The molecule has 7 heteroatoms. The normalized spacial score (nSPS) is 10.4. The van der Waals surface area contributed by atoms with Gasteiger partial charge in [-0.15, -0.1) is 10.2 Å². The molecule has 0 fully saturated rings. The van der Waals surface area contributed by atoms with E-state index in [1.807, 2.05) is 10.6 Å². The standard InChI is InChI=1S/C7H5I2N5/c8-6-7(9)14(3-11-6)5-2-1-4(10)12-13-5/h1-3H,(H2,10,12). The molecule has 0 radical (unpaired) electrons. The zero-order valence-corrected chi connectivity index (χ0v) is 11.2. The molecule has 0 aromatic carbocycles. The fraction of sp³-hybridized carbons (Fsp3) is 0. The largest absolute Gasteiger partial charge is 0.382 e. The lowest BCUT2D eigenvalue weighted by Crippen LogP contribution is -2.01. The SMILES string of the molecule is Nc1ccc(-n2cnc(I)c2I)nn1. The number of nitrogens with zero attached hydrogens (tertiary/aromatic N) is 4. The number of anilines is 1. The van der Waals surface area contributed by atoms with Gasteiger partial charge in [0, 0.05) is 0 Å². The van der Waals surface area contributed by atoms with Gasteiger partial charge >= 0.3 is 0 Å². The Hall–Kier alpha value is -0.450. The van der Waals surface area contributed by atoms with Crippen LogP contribution in [0.5, 0.6) is 0 Å². The van der Waals surface area contributed by atoms with E-state index in [2.05, 4.69) is 60.4 Å². The molecule has 0 aliphatic rings. The van der Waals surface area contributed by atoms with Gasteiger partial charge in [0.1, 0.15) is 19.5 Å². The molecule has 0 unspecified atom stereocenters. The Kier molecular flexibility index (Phi) is 2.85. The Morgan fingerprint density at radius 1 is 1.21 bits per heavy atom. The molecule has 0 aliphatic carbocycles. The number of nitrogens with two attached hydrogens (primary N) is 1. The van der Waals surface area contributed by atoms with Crippen molar-refractivity contribution in [2.45, 2.75) is 0 Å². The highest BCUT2D eigenvalue weighted by Gasteiger charge is 2.07. The van der Waals surface area contributed by atoms with Gasteiger partial charge in [0.15, 0.2) is 5.82 Å². The molecule has 5 nitrogen and oxygen atoms in total. The minimum Gasteiger partial charge on any atom is -0.382 e. The molecule has 0 bridgehead atoms. The second-order valence-corrected chi connectivity index (χ2v) is 4.56. The van der Waals surface area contributed by atoms with Crippen LogP contribution in [-0.2, 0) is 0 Å². The van der Waals surface area contributed by atoms with Crippen LogP contribution in [-0.4, -0.2) is 19.7 Å². The topological polar surface area (TPSA) is 69.6 Å². The zero-order valence-electron chi connectivity index (χ0n) is 6.85. The van der Waals surface area contributed by atoms with Crippen LogP contribution >= 0.6 is 45.2 Å². The average molecular weight is 413 g/mol. The van der Waals surface area contributed by atoms with Crippen molar-refractivity contribution in [2.24, 2.45) is 0 Å². The molecule has 0 saturated heterocycles. The van der Waals surface area contributed by atoms with Gasteiger partial charge in [-0.2, -0.15) is 0 Å². The van der Waals surface area contributed by atoms with Gasteiger partial charge in [-0.3, -0.25) is 4.57 Å². The summed E-state index contributed by atoms with van der Waals surface area (Å²) < 4.78 is 3.82. The fourth-order valence-corrected chi connectivity index (χ4v) is 1.83. The first-order chi connectivity index (χ1) is 6.68. The molecular weight excluding hydrogens is 408 g/mol. The van der Waals surface area contributed by atoms with E-state index in [-0.39, 0.29) is 0 Å². The molecule has 2 aromatic rings. The smallest absolute Gasteiger partial charge is 0.161 e. The first kappa shape index (κ1) is 10.1. The Balaban J connectivity index is 2.49. The lowest BCUT2D eigenvalue weighted by atomic mass is 10.5. The van der Waals surface area contributed by atoms with Crippen molar-refractivity contribution in [3.63, 3.8) is 0 Å².